The summed E-state index contributed by atoms with van der Waals surface area (Å²) in [5.74, 6) is -0.105. The van der Waals surface area contributed by atoms with Crippen LogP contribution in [0.2, 0.25) is 0 Å². The Morgan fingerprint density at radius 3 is 3.00 bits per heavy atom. The van der Waals surface area contributed by atoms with Crippen LogP contribution in [0, 0.1) is 5.92 Å². The van der Waals surface area contributed by atoms with Crippen molar-refractivity contribution in [2.75, 3.05) is 13.1 Å². The van der Waals surface area contributed by atoms with E-state index < -0.39 is 0 Å². The summed E-state index contributed by atoms with van der Waals surface area (Å²) in [4.78, 5) is 27.7. The zero-order valence-electron chi connectivity index (χ0n) is 10.8. The molecule has 2 rings (SSSR count). The summed E-state index contributed by atoms with van der Waals surface area (Å²) < 4.78 is 0. The van der Waals surface area contributed by atoms with E-state index in [1.165, 1.54) is 6.07 Å². The number of aromatic nitrogens is 1. The van der Waals surface area contributed by atoms with Gasteiger partial charge in [-0.05, 0) is 12.5 Å². The van der Waals surface area contributed by atoms with Crippen molar-refractivity contribution < 1.29 is 10.0 Å². The number of carbonyl (C=O) groups excluding carboxylic acids is 1. The third-order valence-corrected chi connectivity index (χ3v) is 3.46. The van der Waals surface area contributed by atoms with Crippen LogP contribution >= 0.6 is 0 Å². The largest absolute Gasteiger partial charge is 0.411 e. The van der Waals surface area contributed by atoms with Crippen LogP contribution in [0.1, 0.15) is 30.3 Å². The molecule has 0 aliphatic carbocycles. The van der Waals surface area contributed by atoms with Gasteiger partial charge in [0.25, 0.3) is 5.91 Å². The molecule has 0 aromatic carbocycles. The summed E-state index contributed by atoms with van der Waals surface area (Å²) in [7, 11) is 0. The topological polar surface area (TPSA) is 85.8 Å². The summed E-state index contributed by atoms with van der Waals surface area (Å²) in [5.41, 5.74) is 0.757. The molecule has 0 radical (unpaired) electrons. The van der Waals surface area contributed by atoms with Crippen molar-refractivity contribution >= 4 is 11.6 Å². The van der Waals surface area contributed by atoms with E-state index in [1.807, 2.05) is 6.92 Å². The fraction of sp³-hybridized carbons (Fsp3) is 0.462. The number of amides is 1. The van der Waals surface area contributed by atoms with E-state index in [9.17, 15) is 9.59 Å². The van der Waals surface area contributed by atoms with Crippen LogP contribution in [0.25, 0.3) is 0 Å². The average molecular weight is 263 g/mol. The maximum Gasteiger partial charge on any atom is 0.270 e. The van der Waals surface area contributed by atoms with Crippen LogP contribution in [-0.4, -0.2) is 39.8 Å². The van der Waals surface area contributed by atoms with Crippen molar-refractivity contribution in [2.45, 2.75) is 19.8 Å². The van der Waals surface area contributed by atoms with Gasteiger partial charge in [0.2, 0.25) is 5.56 Å². The molecular weight excluding hydrogens is 246 g/mol. The number of likely N-dealkylation sites (tertiary alicyclic amines) is 1. The fourth-order valence-electron chi connectivity index (χ4n) is 2.34. The van der Waals surface area contributed by atoms with Crippen molar-refractivity contribution in [2.24, 2.45) is 11.1 Å². The van der Waals surface area contributed by atoms with Gasteiger partial charge < -0.3 is 15.1 Å². The molecule has 2 heterocycles. The van der Waals surface area contributed by atoms with Gasteiger partial charge in [-0.3, -0.25) is 9.59 Å². The first kappa shape index (κ1) is 13.3. The van der Waals surface area contributed by atoms with Crippen molar-refractivity contribution in [1.82, 2.24) is 9.88 Å². The predicted octanol–water partition coefficient (Wildman–Crippen LogP) is 1.08. The van der Waals surface area contributed by atoms with Crippen molar-refractivity contribution in [1.29, 1.82) is 0 Å². The van der Waals surface area contributed by atoms with Gasteiger partial charge in [0.1, 0.15) is 5.69 Å². The number of pyridine rings is 1. The van der Waals surface area contributed by atoms with Gasteiger partial charge in [0.05, 0.1) is 5.71 Å². The molecule has 1 aromatic rings. The normalized spacial score (nSPS) is 21.6. The molecule has 19 heavy (non-hydrogen) atoms. The first-order chi connectivity index (χ1) is 9.15. The highest BCUT2D eigenvalue weighted by atomic mass is 16.4. The molecule has 1 atom stereocenters. The molecule has 6 nitrogen and oxygen atoms in total. The Morgan fingerprint density at radius 2 is 2.37 bits per heavy atom. The molecule has 2 N–H and O–H groups in total. The number of hydrogen-bond donors (Lipinski definition) is 2. The Hall–Kier alpha value is -2.11. The lowest BCUT2D eigenvalue weighted by Gasteiger charge is -2.32. The highest BCUT2D eigenvalue weighted by Gasteiger charge is 2.28. The molecule has 102 valence electrons. The van der Waals surface area contributed by atoms with Crippen molar-refractivity contribution in [3.63, 3.8) is 0 Å². The van der Waals surface area contributed by atoms with Crippen LogP contribution in [-0.2, 0) is 0 Å². The average Bonchev–Trinajstić information content (AvgIpc) is 2.45. The van der Waals surface area contributed by atoms with Crippen LogP contribution in [0.5, 0.6) is 0 Å². The van der Waals surface area contributed by atoms with E-state index in [4.69, 9.17) is 5.21 Å². The van der Waals surface area contributed by atoms with Gasteiger partial charge in [-0.1, -0.05) is 18.1 Å². The van der Waals surface area contributed by atoms with E-state index in [1.54, 1.807) is 17.0 Å². The second-order valence-electron chi connectivity index (χ2n) is 4.63. The zero-order valence-corrected chi connectivity index (χ0v) is 10.8. The smallest absolute Gasteiger partial charge is 0.270 e. The van der Waals surface area contributed by atoms with Gasteiger partial charge in [0.15, 0.2) is 0 Å². The zero-order chi connectivity index (χ0) is 13.8. The SMILES string of the molecule is CCC1CN(C(=O)c2cccc(=O)[nH]2)CC/C1=N\O. The monoisotopic (exact) mass is 263 g/mol. The number of rotatable bonds is 2. The number of carbonyl (C=O) groups is 1. The quantitative estimate of drug-likeness (QED) is 0.618. The number of hydrogen-bond acceptors (Lipinski definition) is 4. The maximum atomic E-state index is 12.3. The summed E-state index contributed by atoms with van der Waals surface area (Å²) in [6.45, 7) is 3.02. The Morgan fingerprint density at radius 1 is 1.58 bits per heavy atom. The molecule has 1 saturated heterocycles. The van der Waals surface area contributed by atoms with Gasteiger partial charge in [-0.15, -0.1) is 0 Å². The summed E-state index contributed by atoms with van der Waals surface area (Å²) >= 11 is 0. The Balaban J connectivity index is 2.15. The lowest BCUT2D eigenvalue weighted by atomic mass is 9.93. The van der Waals surface area contributed by atoms with Gasteiger partial charge >= 0.3 is 0 Å². The highest BCUT2D eigenvalue weighted by molar-refractivity contribution is 5.95. The number of piperidine rings is 1. The molecule has 1 fully saturated rings. The minimum Gasteiger partial charge on any atom is -0.411 e. The lowest BCUT2D eigenvalue weighted by Crippen LogP contribution is -2.44. The number of H-pyrrole nitrogens is 1. The highest BCUT2D eigenvalue weighted by Crippen LogP contribution is 2.18. The molecule has 0 spiro atoms. The van der Waals surface area contributed by atoms with E-state index in [-0.39, 0.29) is 17.4 Å². The van der Waals surface area contributed by atoms with Crippen LogP contribution in [0.3, 0.4) is 0 Å². The van der Waals surface area contributed by atoms with E-state index >= 15 is 0 Å². The Labute approximate surface area is 110 Å². The summed E-state index contributed by atoms with van der Waals surface area (Å²) in [6.07, 6.45) is 1.38. The van der Waals surface area contributed by atoms with Crippen molar-refractivity contribution in [3.8, 4) is 0 Å². The second-order valence-corrected chi connectivity index (χ2v) is 4.63. The first-order valence-corrected chi connectivity index (χ1v) is 6.35. The second kappa shape index (κ2) is 5.69. The van der Waals surface area contributed by atoms with E-state index in [0.29, 0.717) is 25.2 Å². The van der Waals surface area contributed by atoms with Crippen LogP contribution in [0.15, 0.2) is 28.1 Å². The van der Waals surface area contributed by atoms with Crippen molar-refractivity contribution in [3.05, 3.63) is 34.2 Å². The number of oxime groups is 1. The fourth-order valence-corrected chi connectivity index (χ4v) is 2.34. The molecular formula is C13H17N3O3. The Bertz CT molecular complexity index is 550. The number of nitrogens with zero attached hydrogens (tertiary/aromatic N) is 2. The first-order valence-electron chi connectivity index (χ1n) is 6.35. The summed E-state index contributed by atoms with van der Waals surface area (Å²) in [6, 6.07) is 4.53. The van der Waals surface area contributed by atoms with Gasteiger partial charge in [0, 0.05) is 31.5 Å². The number of nitrogens with one attached hydrogen (secondary N) is 1. The van der Waals surface area contributed by atoms with Crippen LogP contribution < -0.4 is 5.56 Å². The molecule has 6 heteroatoms. The van der Waals surface area contributed by atoms with Crippen LogP contribution in [0.4, 0.5) is 0 Å². The third-order valence-electron chi connectivity index (χ3n) is 3.46. The summed E-state index contributed by atoms with van der Waals surface area (Å²) in [5, 5.41) is 12.2. The predicted molar refractivity (Wildman–Crippen MR) is 70.6 cm³/mol. The standard InChI is InChI=1S/C13H17N3O3/c1-2-9-8-16(7-6-10(9)15-19)13(18)11-4-3-5-12(17)14-11/h3-5,9,19H,2,6-8H2,1H3,(H,14,17)/b15-10+. The van der Waals surface area contributed by atoms with E-state index in [2.05, 4.69) is 10.1 Å². The molecule has 1 unspecified atom stereocenters. The number of aromatic amines is 1. The maximum absolute atomic E-state index is 12.3. The van der Waals surface area contributed by atoms with Gasteiger partial charge in [-0.25, -0.2) is 0 Å². The molecule has 0 bridgehead atoms. The Kier molecular flexibility index (Phi) is 3.99. The van der Waals surface area contributed by atoms with E-state index in [0.717, 1.165) is 12.1 Å². The van der Waals surface area contributed by atoms with Gasteiger partial charge in [-0.2, -0.15) is 0 Å². The molecule has 1 aliphatic heterocycles. The minimum absolute atomic E-state index is 0.0816. The lowest BCUT2D eigenvalue weighted by molar-refractivity contribution is 0.0722. The molecule has 0 saturated carbocycles. The molecule has 1 aromatic heterocycles. The third kappa shape index (κ3) is 2.83. The molecule has 1 amide bonds. The molecule has 1 aliphatic rings. The minimum atomic E-state index is -0.285.